The molecule has 0 radical (unpaired) electrons. The van der Waals surface area contributed by atoms with Crippen molar-refractivity contribution in [2.45, 2.75) is 131 Å². The van der Waals surface area contributed by atoms with E-state index in [1.54, 1.807) is 0 Å². The highest BCUT2D eigenvalue weighted by atomic mass is 15.1. The number of hydrogen-bond acceptors (Lipinski definition) is 1. The minimum Gasteiger partial charge on any atom is -0.303 e. The fourth-order valence-corrected chi connectivity index (χ4v) is 3.93. The van der Waals surface area contributed by atoms with Crippen LogP contribution in [0.3, 0.4) is 0 Å². The molecule has 0 aromatic carbocycles. The van der Waals surface area contributed by atoms with E-state index in [-0.39, 0.29) is 0 Å². The van der Waals surface area contributed by atoms with Crippen LogP contribution in [0.4, 0.5) is 0 Å². The summed E-state index contributed by atoms with van der Waals surface area (Å²) in [6, 6.07) is 0. The molecule has 0 spiro atoms. The lowest BCUT2D eigenvalue weighted by molar-refractivity contribution is 0.210. The number of rotatable bonds is 20. The molecule has 0 N–H and O–H groups in total. The summed E-state index contributed by atoms with van der Waals surface area (Å²) in [5.74, 6) is 1.80. The second kappa shape index (κ2) is 19.7. The topological polar surface area (TPSA) is 3.24 Å². The van der Waals surface area contributed by atoms with Crippen molar-refractivity contribution in [3.05, 3.63) is 0 Å². The monoisotopic (exact) mass is 367 g/mol. The molecule has 0 aliphatic carbocycles. The van der Waals surface area contributed by atoms with Crippen LogP contribution in [0.15, 0.2) is 0 Å². The van der Waals surface area contributed by atoms with E-state index in [9.17, 15) is 0 Å². The van der Waals surface area contributed by atoms with Gasteiger partial charge in [-0.05, 0) is 44.2 Å². The highest BCUT2D eigenvalue weighted by molar-refractivity contribution is 4.66. The van der Waals surface area contributed by atoms with Crippen molar-refractivity contribution >= 4 is 0 Å². The molecule has 158 valence electrons. The molecular formula is C25H53N. The Kier molecular flexibility index (Phi) is 19.7. The molecule has 0 heterocycles. The highest BCUT2D eigenvalue weighted by Crippen LogP contribution is 2.17. The Hall–Kier alpha value is -0.0400. The molecule has 1 nitrogen and oxygen atoms in total. The summed E-state index contributed by atoms with van der Waals surface area (Å²) in [6.45, 7) is 15.8. The Bertz CT molecular complexity index is 261. The second-order valence-corrected chi connectivity index (χ2v) is 9.08. The standard InChI is InChI=1S/C25H53N/c1-6-9-11-12-13-14-17-21-26(22-18-15-16-19-24(4)5)23-25(8-3)20-10-7-2/h24-25H,6-23H2,1-5H3. The van der Waals surface area contributed by atoms with E-state index in [1.165, 1.54) is 116 Å². The molecule has 1 atom stereocenters. The Balaban J connectivity index is 4.08. The summed E-state index contributed by atoms with van der Waals surface area (Å²) >= 11 is 0. The van der Waals surface area contributed by atoms with Crippen molar-refractivity contribution in [3.63, 3.8) is 0 Å². The number of nitrogens with zero attached hydrogens (tertiary/aromatic N) is 1. The first-order chi connectivity index (χ1) is 12.6. The van der Waals surface area contributed by atoms with Gasteiger partial charge in [-0.1, -0.05) is 112 Å². The predicted molar refractivity (Wildman–Crippen MR) is 121 cm³/mol. The number of hydrogen-bond donors (Lipinski definition) is 0. The molecular weight excluding hydrogens is 314 g/mol. The summed E-state index contributed by atoms with van der Waals surface area (Å²) in [5.41, 5.74) is 0. The van der Waals surface area contributed by atoms with Crippen molar-refractivity contribution in [1.29, 1.82) is 0 Å². The summed E-state index contributed by atoms with van der Waals surface area (Å²) < 4.78 is 0. The van der Waals surface area contributed by atoms with E-state index >= 15 is 0 Å². The van der Waals surface area contributed by atoms with Crippen LogP contribution < -0.4 is 0 Å². The first-order valence-electron chi connectivity index (χ1n) is 12.4. The molecule has 0 rings (SSSR count). The van der Waals surface area contributed by atoms with Crippen LogP contribution in [-0.4, -0.2) is 24.5 Å². The minimum atomic E-state index is 0.873. The Morgan fingerprint density at radius 2 is 1.12 bits per heavy atom. The van der Waals surface area contributed by atoms with E-state index in [2.05, 4.69) is 39.5 Å². The van der Waals surface area contributed by atoms with Gasteiger partial charge in [0.25, 0.3) is 0 Å². The lowest BCUT2D eigenvalue weighted by atomic mass is 9.98. The Morgan fingerprint density at radius 3 is 1.65 bits per heavy atom. The Labute approximate surface area is 167 Å². The summed E-state index contributed by atoms with van der Waals surface area (Å²) in [6.07, 6.45) is 21.3. The van der Waals surface area contributed by atoms with Gasteiger partial charge < -0.3 is 4.90 Å². The zero-order chi connectivity index (χ0) is 19.5. The molecule has 26 heavy (non-hydrogen) atoms. The third-order valence-electron chi connectivity index (χ3n) is 5.89. The normalized spacial score (nSPS) is 13.0. The van der Waals surface area contributed by atoms with Gasteiger partial charge in [-0.15, -0.1) is 0 Å². The average Bonchev–Trinajstić information content (AvgIpc) is 2.63. The summed E-state index contributed by atoms with van der Waals surface area (Å²) in [4.78, 5) is 2.82. The molecule has 0 aromatic rings. The van der Waals surface area contributed by atoms with Crippen molar-refractivity contribution in [3.8, 4) is 0 Å². The SMILES string of the molecule is CCCCCCCCCN(CCCCCC(C)C)CC(CC)CCCC. The Morgan fingerprint density at radius 1 is 0.577 bits per heavy atom. The molecule has 0 bridgehead atoms. The lowest BCUT2D eigenvalue weighted by Crippen LogP contribution is -2.31. The largest absolute Gasteiger partial charge is 0.303 e. The first-order valence-corrected chi connectivity index (χ1v) is 12.4. The van der Waals surface area contributed by atoms with Gasteiger partial charge in [0.2, 0.25) is 0 Å². The fraction of sp³-hybridized carbons (Fsp3) is 1.00. The van der Waals surface area contributed by atoms with E-state index < -0.39 is 0 Å². The molecule has 1 heteroatoms. The number of unbranched alkanes of at least 4 members (excludes halogenated alkanes) is 9. The van der Waals surface area contributed by atoms with E-state index in [0.29, 0.717) is 0 Å². The zero-order valence-corrected chi connectivity index (χ0v) is 19.3. The van der Waals surface area contributed by atoms with Gasteiger partial charge >= 0.3 is 0 Å². The molecule has 0 saturated carbocycles. The molecule has 0 amide bonds. The van der Waals surface area contributed by atoms with Crippen LogP contribution in [0.25, 0.3) is 0 Å². The van der Waals surface area contributed by atoms with E-state index in [4.69, 9.17) is 0 Å². The van der Waals surface area contributed by atoms with E-state index in [1.807, 2.05) is 0 Å². The van der Waals surface area contributed by atoms with Crippen LogP contribution in [0.1, 0.15) is 131 Å². The van der Waals surface area contributed by atoms with Gasteiger partial charge in [-0.2, -0.15) is 0 Å². The van der Waals surface area contributed by atoms with Crippen molar-refractivity contribution in [2.24, 2.45) is 11.8 Å². The van der Waals surface area contributed by atoms with Crippen LogP contribution in [0.5, 0.6) is 0 Å². The zero-order valence-electron chi connectivity index (χ0n) is 19.3. The third-order valence-corrected chi connectivity index (χ3v) is 5.89. The van der Waals surface area contributed by atoms with Crippen LogP contribution in [-0.2, 0) is 0 Å². The van der Waals surface area contributed by atoms with Crippen molar-refractivity contribution in [1.82, 2.24) is 4.90 Å². The molecule has 0 fully saturated rings. The first kappa shape index (κ1) is 26.0. The molecule has 0 aliphatic heterocycles. The van der Waals surface area contributed by atoms with Gasteiger partial charge in [-0.3, -0.25) is 0 Å². The summed E-state index contributed by atoms with van der Waals surface area (Å²) in [7, 11) is 0. The highest BCUT2D eigenvalue weighted by Gasteiger charge is 2.12. The van der Waals surface area contributed by atoms with Crippen LogP contribution in [0.2, 0.25) is 0 Å². The molecule has 1 unspecified atom stereocenters. The maximum atomic E-state index is 2.82. The third kappa shape index (κ3) is 17.4. The van der Waals surface area contributed by atoms with Gasteiger partial charge in [-0.25, -0.2) is 0 Å². The smallest absolute Gasteiger partial charge is 0.000955 e. The average molecular weight is 368 g/mol. The van der Waals surface area contributed by atoms with Gasteiger partial charge in [0.05, 0.1) is 0 Å². The predicted octanol–water partition coefficient (Wildman–Crippen LogP) is 8.47. The van der Waals surface area contributed by atoms with Crippen LogP contribution >= 0.6 is 0 Å². The van der Waals surface area contributed by atoms with Crippen LogP contribution in [0, 0.1) is 11.8 Å². The fourth-order valence-electron chi connectivity index (χ4n) is 3.93. The maximum absolute atomic E-state index is 2.82. The van der Waals surface area contributed by atoms with Crippen molar-refractivity contribution in [2.75, 3.05) is 19.6 Å². The van der Waals surface area contributed by atoms with E-state index in [0.717, 1.165) is 11.8 Å². The summed E-state index contributed by atoms with van der Waals surface area (Å²) in [5, 5.41) is 0. The van der Waals surface area contributed by atoms with Gasteiger partial charge in [0, 0.05) is 6.54 Å². The van der Waals surface area contributed by atoms with Crippen molar-refractivity contribution < 1.29 is 0 Å². The quantitative estimate of drug-likeness (QED) is 0.195. The van der Waals surface area contributed by atoms with Gasteiger partial charge in [0.15, 0.2) is 0 Å². The molecule has 0 saturated heterocycles. The molecule has 0 aliphatic rings. The van der Waals surface area contributed by atoms with Gasteiger partial charge in [0.1, 0.15) is 0 Å². The second-order valence-electron chi connectivity index (χ2n) is 9.08. The minimum absolute atomic E-state index is 0.873. The molecule has 0 aromatic heterocycles. The lowest BCUT2D eigenvalue weighted by Gasteiger charge is -2.27. The maximum Gasteiger partial charge on any atom is 0.000955 e.